The highest BCUT2D eigenvalue weighted by atomic mass is 16.5. The zero-order chi connectivity index (χ0) is 13.4. The molecule has 0 unspecified atom stereocenters. The molecule has 0 fully saturated rings. The molecule has 5 heteroatoms. The van der Waals surface area contributed by atoms with Gasteiger partial charge >= 0.3 is 0 Å². The number of hydrogen-bond acceptors (Lipinski definition) is 4. The quantitative estimate of drug-likeness (QED) is 0.765. The van der Waals surface area contributed by atoms with E-state index < -0.39 is 0 Å². The average molecular weight is 261 g/mol. The Morgan fingerprint density at radius 1 is 1.16 bits per heavy atom. The van der Waals surface area contributed by atoms with Gasteiger partial charge in [-0.1, -0.05) is 18.2 Å². The summed E-state index contributed by atoms with van der Waals surface area (Å²) >= 11 is 0. The lowest BCUT2D eigenvalue weighted by molar-refractivity contribution is 0.255. The molecule has 0 bridgehead atoms. The van der Waals surface area contributed by atoms with E-state index in [1.54, 1.807) is 0 Å². The number of rotatable bonds is 2. The van der Waals surface area contributed by atoms with Crippen molar-refractivity contribution in [1.82, 2.24) is 4.57 Å². The van der Waals surface area contributed by atoms with Gasteiger partial charge in [-0.15, -0.1) is 0 Å². The van der Waals surface area contributed by atoms with E-state index in [0.29, 0.717) is 29.9 Å². The number of benzene rings is 1. The first-order chi connectivity index (χ1) is 9.24. The van der Waals surface area contributed by atoms with Gasteiger partial charge in [0.05, 0.1) is 25.3 Å². The molecule has 0 amide bonds. The predicted octanol–water partition coefficient (Wildman–Crippen LogP) is 1.49. The van der Waals surface area contributed by atoms with Crippen molar-refractivity contribution in [1.29, 1.82) is 0 Å². The first-order valence-corrected chi connectivity index (χ1v) is 6.20. The smallest absolute Gasteiger partial charge is 0.202 e. The summed E-state index contributed by atoms with van der Waals surface area (Å²) < 4.78 is 6.94. The molecule has 0 atom stereocenters. The maximum absolute atomic E-state index is 10.3. The summed E-state index contributed by atoms with van der Waals surface area (Å²) in [5, 5.41) is 29.5. The zero-order valence-electron chi connectivity index (χ0n) is 10.3. The summed E-state index contributed by atoms with van der Waals surface area (Å²) in [7, 11) is 0. The van der Waals surface area contributed by atoms with Gasteiger partial charge in [-0.25, -0.2) is 0 Å². The molecular weight excluding hydrogens is 246 g/mol. The molecule has 1 aromatic carbocycles. The third-order valence-electron chi connectivity index (χ3n) is 3.40. The first kappa shape index (κ1) is 11.9. The minimum atomic E-state index is -0.146. The molecule has 1 aliphatic rings. The number of para-hydroxylation sites is 1. The lowest BCUT2D eigenvalue weighted by atomic mass is 10.0. The number of aromatic hydroxyl groups is 2. The maximum atomic E-state index is 10.3. The Bertz CT molecular complexity index is 618. The van der Waals surface area contributed by atoms with Gasteiger partial charge in [-0.2, -0.15) is 0 Å². The number of ether oxygens (including phenoxy) is 1. The van der Waals surface area contributed by atoms with Crippen LogP contribution in [0.5, 0.6) is 17.5 Å². The van der Waals surface area contributed by atoms with Crippen LogP contribution in [0.25, 0.3) is 11.1 Å². The molecule has 2 aromatic rings. The van der Waals surface area contributed by atoms with E-state index in [0.717, 1.165) is 5.56 Å². The van der Waals surface area contributed by atoms with E-state index in [1.807, 2.05) is 24.3 Å². The van der Waals surface area contributed by atoms with Crippen LogP contribution in [0.1, 0.15) is 5.56 Å². The lowest BCUT2D eigenvalue weighted by Gasteiger charge is -2.08. The van der Waals surface area contributed by atoms with Crippen molar-refractivity contribution in [3.05, 3.63) is 29.8 Å². The highest BCUT2D eigenvalue weighted by Crippen LogP contribution is 2.46. The molecule has 0 saturated carbocycles. The highest BCUT2D eigenvalue weighted by Gasteiger charge is 2.27. The summed E-state index contributed by atoms with van der Waals surface area (Å²) in [6.45, 7) is 0.459. The van der Waals surface area contributed by atoms with Crippen LogP contribution in [0.2, 0.25) is 0 Å². The maximum Gasteiger partial charge on any atom is 0.202 e. The van der Waals surface area contributed by atoms with Crippen molar-refractivity contribution in [2.45, 2.75) is 13.0 Å². The number of aliphatic hydroxyl groups excluding tert-OH is 1. The van der Waals surface area contributed by atoms with E-state index >= 15 is 0 Å². The number of hydrogen-bond donors (Lipinski definition) is 3. The normalized spacial score (nSPS) is 13.3. The van der Waals surface area contributed by atoms with Gasteiger partial charge in [0, 0.05) is 17.5 Å². The van der Waals surface area contributed by atoms with E-state index in [-0.39, 0.29) is 24.9 Å². The average Bonchev–Trinajstić information content (AvgIpc) is 2.59. The summed E-state index contributed by atoms with van der Waals surface area (Å²) in [5.41, 5.74) is 2.02. The van der Waals surface area contributed by atoms with Crippen molar-refractivity contribution in [3.63, 3.8) is 0 Å². The van der Waals surface area contributed by atoms with Gasteiger partial charge in [-0.05, 0) is 6.07 Å². The Morgan fingerprint density at radius 3 is 2.74 bits per heavy atom. The molecule has 19 heavy (non-hydrogen) atoms. The lowest BCUT2D eigenvalue weighted by Crippen LogP contribution is -2.03. The van der Waals surface area contributed by atoms with E-state index in [2.05, 4.69) is 0 Å². The zero-order valence-corrected chi connectivity index (χ0v) is 10.3. The van der Waals surface area contributed by atoms with E-state index in [9.17, 15) is 10.2 Å². The molecule has 0 radical (unpaired) electrons. The Hall–Kier alpha value is -2.14. The molecule has 1 aromatic heterocycles. The summed E-state index contributed by atoms with van der Waals surface area (Å²) in [6.07, 6.45) is 0.516. The van der Waals surface area contributed by atoms with Crippen LogP contribution in [0.15, 0.2) is 24.3 Å². The summed E-state index contributed by atoms with van der Waals surface area (Å²) in [4.78, 5) is 0. The number of nitrogens with zero attached hydrogens (tertiary/aromatic N) is 1. The first-order valence-electron chi connectivity index (χ1n) is 6.20. The van der Waals surface area contributed by atoms with Crippen molar-refractivity contribution in [3.8, 4) is 28.6 Å². The highest BCUT2D eigenvalue weighted by molar-refractivity contribution is 5.80. The topological polar surface area (TPSA) is 74.9 Å². The van der Waals surface area contributed by atoms with Crippen molar-refractivity contribution >= 4 is 0 Å². The van der Waals surface area contributed by atoms with Crippen molar-refractivity contribution in [2.24, 2.45) is 0 Å². The largest absolute Gasteiger partial charge is 0.494 e. The van der Waals surface area contributed by atoms with Crippen LogP contribution < -0.4 is 4.74 Å². The van der Waals surface area contributed by atoms with Gasteiger partial charge < -0.3 is 20.1 Å². The molecule has 2 heterocycles. The van der Waals surface area contributed by atoms with Crippen molar-refractivity contribution in [2.75, 3.05) is 13.2 Å². The number of fused-ring (bicyclic) bond motifs is 3. The Morgan fingerprint density at radius 2 is 1.95 bits per heavy atom. The molecular formula is C14H15NO4. The summed E-state index contributed by atoms with van der Waals surface area (Å²) in [6, 6.07) is 7.41. The SMILES string of the molecule is OCCn1c(O)c2c(c1O)-c1ccccc1OCC2. The fraction of sp³-hybridized carbons (Fsp3) is 0.286. The van der Waals surface area contributed by atoms with Crippen LogP contribution in [0.3, 0.4) is 0 Å². The second-order valence-corrected chi connectivity index (χ2v) is 4.47. The third kappa shape index (κ3) is 1.74. The Balaban J connectivity index is 2.26. The van der Waals surface area contributed by atoms with Gasteiger partial charge in [0.1, 0.15) is 5.75 Å². The minimum absolute atomic E-state index is 0.00172. The molecule has 0 saturated heterocycles. The van der Waals surface area contributed by atoms with Crippen LogP contribution in [-0.2, 0) is 13.0 Å². The van der Waals surface area contributed by atoms with E-state index in [4.69, 9.17) is 9.84 Å². The van der Waals surface area contributed by atoms with Gasteiger partial charge in [0.25, 0.3) is 0 Å². The fourth-order valence-corrected chi connectivity index (χ4v) is 2.54. The Kier molecular flexibility index (Phi) is 2.83. The molecule has 100 valence electrons. The standard InChI is InChI=1S/C14H15NO4/c16-7-6-15-13(17)10-5-8-19-11-4-2-1-3-9(11)12(10)14(15)18/h1-4,16-18H,5-8H2. The third-order valence-corrected chi connectivity index (χ3v) is 3.40. The minimum Gasteiger partial charge on any atom is -0.494 e. The molecule has 0 aliphatic carbocycles. The molecule has 1 aliphatic heterocycles. The molecule has 3 N–H and O–H groups in total. The molecule has 0 spiro atoms. The Labute approximate surface area is 110 Å². The number of aromatic nitrogens is 1. The summed E-state index contributed by atoms with van der Waals surface area (Å²) in [5.74, 6) is 0.666. The predicted molar refractivity (Wildman–Crippen MR) is 69.5 cm³/mol. The van der Waals surface area contributed by atoms with Crippen LogP contribution >= 0.6 is 0 Å². The van der Waals surface area contributed by atoms with Gasteiger partial charge in [-0.3, -0.25) is 4.57 Å². The van der Waals surface area contributed by atoms with Gasteiger partial charge in [0.15, 0.2) is 5.88 Å². The molecule has 5 nitrogen and oxygen atoms in total. The van der Waals surface area contributed by atoms with Crippen LogP contribution in [0, 0.1) is 0 Å². The van der Waals surface area contributed by atoms with Gasteiger partial charge in [0.2, 0.25) is 5.88 Å². The van der Waals surface area contributed by atoms with Crippen LogP contribution in [0.4, 0.5) is 0 Å². The second-order valence-electron chi connectivity index (χ2n) is 4.47. The van der Waals surface area contributed by atoms with Crippen LogP contribution in [-0.4, -0.2) is 33.1 Å². The van der Waals surface area contributed by atoms with Crippen molar-refractivity contribution < 1.29 is 20.1 Å². The monoisotopic (exact) mass is 261 g/mol. The molecule has 3 rings (SSSR count). The van der Waals surface area contributed by atoms with E-state index in [1.165, 1.54) is 4.57 Å². The number of aliphatic hydroxyl groups is 1. The fourth-order valence-electron chi connectivity index (χ4n) is 2.54. The second kappa shape index (κ2) is 4.51.